The molecule has 22 heavy (non-hydrogen) atoms. The highest BCUT2D eigenvalue weighted by Crippen LogP contribution is 2.28. The third kappa shape index (κ3) is 2.79. The highest BCUT2D eigenvalue weighted by molar-refractivity contribution is 6.11. The van der Waals surface area contributed by atoms with Gasteiger partial charge in [0.25, 0.3) is 0 Å². The highest BCUT2D eigenvalue weighted by atomic mass is 16.5. The topological polar surface area (TPSA) is 35.5 Å². The van der Waals surface area contributed by atoms with Gasteiger partial charge in [-0.2, -0.15) is 0 Å². The zero-order valence-corrected chi connectivity index (χ0v) is 12.3. The maximum atomic E-state index is 12.6. The molecule has 0 heterocycles. The molecule has 0 N–H and O–H groups in total. The van der Waals surface area contributed by atoms with E-state index in [4.69, 9.17) is 9.47 Å². The molecule has 3 rings (SSSR count). The second kappa shape index (κ2) is 6.31. The fourth-order valence-corrected chi connectivity index (χ4v) is 2.45. The van der Waals surface area contributed by atoms with Crippen molar-refractivity contribution in [2.24, 2.45) is 0 Å². The Morgan fingerprint density at radius 2 is 1.64 bits per heavy atom. The molecule has 0 bridgehead atoms. The Morgan fingerprint density at radius 1 is 0.909 bits per heavy atom. The van der Waals surface area contributed by atoms with Crippen molar-refractivity contribution >= 4 is 16.6 Å². The van der Waals surface area contributed by atoms with E-state index >= 15 is 0 Å². The van der Waals surface area contributed by atoms with Crippen LogP contribution in [0.2, 0.25) is 0 Å². The SMILES string of the molecule is COc1ccc2ccccc2c1C(=O)COc1ccccc1. The normalized spacial score (nSPS) is 10.4. The van der Waals surface area contributed by atoms with Gasteiger partial charge in [0.05, 0.1) is 12.7 Å². The average molecular weight is 292 g/mol. The van der Waals surface area contributed by atoms with E-state index in [9.17, 15) is 4.79 Å². The molecule has 0 aromatic heterocycles. The summed E-state index contributed by atoms with van der Waals surface area (Å²) in [5.74, 6) is 1.15. The molecule has 0 fully saturated rings. The standard InChI is InChI=1S/C19H16O3/c1-21-18-12-11-14-7-5-6-10-16(14)19(18)17(20)13-22-15-8-3-2-4-9-15/h2-12H,13H2,1H3. The molecular weight excluding hydrogens is 276 g/mol. The lowest BCUT2D eigenvalue weighted by Gasteiger charge is -2.12. The summed E-state index contributed by atoms with van der Waals surface area (Å²) in [5, 5.41) is 1.88. The molecule has 0 amide bonds. The molecule has 0 aliphatic carbocycles. The summed E-state index contributed by atoms with van der Waals surface area (Å²) in [6.07, 6.45) is 0. The summed E-state index contributed by atoms with van der Waals surface area (Å²) < 4.78 is 10.9. The number of carbonyl (C=O) groups excluding carboxylic acids is 1. The summed E-state index contributed by atoms with van der Waals surface area (Å²) in [7, 11) is 1.57. The van der Waals surface area contributed by atoms with Crippen LogP contribution < -0.4 is 9.47 Å². The summed E-state index contributed by atoms with van der Waals surface area (Å²) in [6, 6.07) is 20.8. The number of methoxy groups -OCH3 is 1. The number of hydrogen-bond donors (Lipinski definition) is 0. The van der Waals surface area contributed by atoms with Gasteiger partial charge in [-0.15, -0.1) is 0 Å². The Bertz CT molecular complexity index is 794. The Hall–Kier alpha value is -2.81. The van der Waals surface area contributed by atoms with Crippen molar-refractivity contribution in [2.45, 2.75) is 0 Å². The van der Waals surface area contributed by atoms with Crippen molar-refractivity contribution in [3.63, 3.8) is 0 Å². The summed E-state index contributed by atoms with van der Waals surface area (Å²) in [4.78, 5) is 12.6. The number of ether oxygens (including phenoxy) is 2. The molecule has 0 saturated heterocycles. The molecular formula is C19H16O3. The lowest BCUT2D eigenvalue weighted by molar-refractivity contribution is 0.0920. The first-order valence-corrected chi connectivity index (χ1v) is 7.06. The van der Waals surface area contributed by atoms with E-state index in [1.54, 1.807) is 7.11 Å². The fourth-order valence-electron chi connectivity index (χ4n) is 2.45. The number of rotatable bonds is 5. The quantitative estimate of drug-likeness (QED) is 0.664. The number of hydrogen-bond acceptors (Lipinski definition) is 3. The van der Waals surface area contributed by atoms with E-state index in [0.29, 0.717) is 17.1 Å². The van der Waals surface area contributed by atoms with E-state index < -0.39 is 0 Å². The van der Waals surface area contributed by atoms with Crippen molar-refractivity contribution in [3.8, 4) is 11.5 Å². The molecule has 0 unspecified atom stereocenters. The number of Topliss-reactive ketones (excluding diaryl/α,β-unsaturated/α-hetero) is 1. The molecule has 0 aliphatic rings. The van der Waals surface area contributed by atoms with Crippen LogP contribution in [0, 0.1) is 0 Å². The minimum Gasteiger partial charge on any atom is -0.496 e. The third-order valence-electron chi connectivity index (χ3n) is 3.50. The van der Waals surface area contributed by atoms with Gasteiger partial charge in [-0.25, -0.2) is 0 Å². The predicted octanol–water partition coefficient (Wildman–Crippen LogP) is 4.11. The van der Waals surface area contributed by atoms with Crippen LogP contribution in [-0.2, 0) is 0 Å². The van der Waals surface area contributed by atoms with Crippen molar-refractivity contribution in [1.82, 2.24) is 0 Å². The molecule has 110 valence electrons. The summed E-state index contributed by atoms with van der Waals surface area (Å²) in [5.41, 5.74) is 0.566. The first kappa shape index (κ1) is 14.1. The lowest BCUT2D eigenvalue weighted by Crippen LogP contribution is -2.13. The van der Waals surface area contributed by atoms with Crippen molar-refractivity contribution in [3.05, 3.63) is 72.3 Å². The molecule has 3 aromatic carbocycles. The van der Waals surface area contributed by atoms with Gasteiger partial charge >= 0.3 is 0 Å². The van der Waals surface area contributed by atoms with Gasteiger partial charge < -0.3 is 9.47 Å². The van der Waals surface area contributed by atoms with Gasteiger partial charge in [0.1, 0.15) is 11.5 Å². The number of benzene rings is 3. The van der Waals surface area contributed by atoms with Crippen LogP contribution in [0.3, 0.4) is 0 Å². The van der Waals surface area contributed by atoms with Gasteiger partial charge in [0.2, 0.25) is 5.78 Å². The Balaban J connectivity index is 1.92. The molecule has 0 aliphatic heterocycles. The Labute approximate surface area is 129 Å². The van der Waals surface area contributed by atoms with Crippen molar-refractivity contribution in [1.29, 1.82) is 0 Å². The van der Waals surface area contributed by atoms with Gasteiger partial charge in [-0.1, -0.05) is 48.5 Å². The first-order valence-electron chi connectivity index (χ1n) is 7.06. The maximum absolute atomic E-state index is 12.6. The second-order valence-electron chi connectivity index (χ2n) is 4.89. The van der Waals surface area contributed by atoms with Crippen LogP contribution in [0.15, 0.2) is 66.7 Å². The minimum atomic E-state index is -0.0995. The predicted molar refractivity (Wildman–Crippen MR) is 86.8 cm³/mol. The number of ketones is 1. The smallest absolute Gasteiger partial charge is 0.204 e. The monoisotopic (exact) mass is 292 g/mol. The molecule has 0 spiro atoms. The fraction of sp³-hybridized carbons (Fsp3) is 0.105. The van der Waals surface area contributed by atoms with Crippen LogP contribution in [0.25, 0.3) is 10.8 Å². The third-order valence-corrected chi connectivity index (χ3v) is 3.50. The number of fused-ring (bicyclic) bond motifs is 1. The van der Waals surface area contributed by atoms with E-state index in [1.807, 2.05) is 66.7 Å². The van der Waals surface area contributed by atoms with Crippen LogP contribution in [0.5, 0.6) is 11.5 Å². The van der Waals surface area contributed by atoms with E-state index in [1.165, 1.54) is 0 Å². The summed E-state index contributed by atoms with van der Waals surface area (Å²) >= 11 is 0. The molecule has 0 atom stereocenters. The van der Waals surface area contributed by atoms with Gasteiger partial charge in [-0.05, 0) is 29.0 Å². The largest absolute Gasteiger partial charge is 0.496 e. The lowest BCUT2D eigenvalue weighted by atomic mass is 10.0. The maximum Gasteiger partial charge on any atom is 0.204 e. The molecule has 0 saturated carbocycles. The molecule has 3 heteroatoms. The molecule has 3 nitrogen and oxygen atoms in total. The molecule has 3 aromatic rings. The van der Waals surface area contributed by atoms with Crippen LogP contribution >= 0.6 is 0 Å². The first-order chi connectivity index (χ1) is 10.8. The summed E-state index contributed by atoms with van der Waals surface area (Å²) in [6.45, 7) is -0.0195. The number of carbonyl (C=O) groups is 1. The van der Waals surface area contributed by atoms with Gasteiger partial charge in [0.15, 0.2) is 6.61 Å². The number of para-hydroxylation sites is 1. The zero-order chi connectivity index (χ0) is 15.4. The molecule has 0 radical (unpaired) electrons. The highest BCUT2D eigenvalue weighted by Gasteiger charge is 2.16. The van der Waals surface area contributed by atoms with Gasteiger partial charge in [0, 0.05) is 0 Å². The minimum absolute atomic E-state index is 0.0195. The van der Waals surface area contributed by atoms with E-state index in [2.05, 4.69) is 0 Å². The van der Waals surface area contributed by atoms with Crippen LogP contribution in [0.1, 0.15) is 10.4 Å². The van der Waals surface area contributed by atoms with E-state index in [-0.39, 0.29) is 12.4 Å². The van der Waals surface area contributed by atoms with E-state index in [0.717, 1.165) is 10.8 Å². The Morgan fingerprint density at radius 3 is 2.41 bits per heavy atom. The van der Waals surface area contributed by atoms with Crippen molar-refractivity contribution in [2.75, 3.05) is 13.7 Å². The zero-order valence-electron chi connectivity index (χ0n) is 12.3. The van der Waals surface area contributed by atoms with Crippen LogP contribution in [-0.4, -0.2) is 19.5 Å². The van der Waals surface area contributed by atoms with Crippen LogP contribution in [0.4, 0.5) is 0 Å². The second-order valence-corrected chi connectivity index (χ2v) is 4.89. The van der Waals surface area contributed by atoms with Crippen molar-refractivity contribution < 1.29 is 14.3 Å². The Kier molecular flexibility index (Phi) is 4.05. The van der Waals surface area contributed by atoms with Gasteiger partial charge in [-0.3, -0.25) is 4.79 Å². The average Bonchev–Trinajstić information content (AvgIpc) is 2.59.